The molecule has 0 aromatic heterocycles. The average Bonchev–Trinajstić information content (AvgIpc) is 2.55. The van der Waals surface area contributed by atoms with E-state index in [4.69, 9.17) is 11.6 Å². The van der Waals surface area contributed by atoms with Crippen molar-refractivity contribution in [1.82, 2.24) is 0 Å². The average molecular weight is 373 g/mol. The molecule has 0 saturated heterocycles. The summed E-state index contributed by atoms with van der Waals surface area (Å²) < 4.78 is 42.6. The van der Waals surface area contributed by atoms with Gasteiger partial charge in [-0.1, -0.05) is 17.7 Å². The molecule has 0 radical (unpaired) electrons. The van der Waals surface area contributed by atoms with E-state index < -0.39 is 23.7 Å². The van der Waals surface area contributed by atoms with Crippen molar-refractivity contribution >= 4 is 35.0 Å². The molecule has 2 N–H and O–H groups in total. The molecule has 5 nitrogen and oxygen atoms in total. The molecule has 0 heterocycles. The number of hydrogen-bond acceptors (Lipinski definition) is 3. The predicted molar refractivity (Wildman–Crippen MR) is 86.9 cm³/mol. The number of carbonyl (C=O) groups excluding carboxylic acids is 2. The van der Waals surface area contributed by atoms with Crippen LogP contribution in [0.5, 0.6) is 0 Å². The molecule has 0 bridgehead atoms. The third-order valence-corrected chi connectivity index (χ3v) is 3.41. The van der Waals surface area contributed by atoms with Gasteiger partial charge in [0.2, 0.25) is 0 Å². The van der Waals surface area contributed by atoms with Crippen molar-refractivity contribution < 1.29 is 27.5 Å². The molecule has 2 aromatic rings. The van der Waals surface area contributed by atoms with Gasteiger partial charge < -0.3 is 15.4 Å². The SMILES string of the molecule is COC(=O)c1ccc(Cl)c(NC(=O)Nc2cccc(C(F)(F)F)c2)c1. The minimum absolute atomic E-state index is 0.0485. The van der Waals surface area contributed by atoms with Crippen molar-refractivity contribution in [2.45, 2.75) is 6.18 Å². The minimum Gasteiger partial charge on any atom is -0.465 e. The number of esters is 1. The van der Waals surface area contributed by atoms with Gasteiger partial charge in [-0.2, -0.15) is 13.2 Å². The van der Waals surface area contributed by atoms with Gasteiger partial charge >= 0.3 is 18.2 Å². The number of hydrogen-bond donors (Lipinski definition) is 2. The lowest BCUT2D eigenvalue weighted by atomic mass is 10.2. The van der Waals surface area contributed by atoms with Crippen molar-refractivity contribution in [2.24, 2.45) is 0 Å². The van der Waals surface area contributed by atoms with E-state index >= 15 is 0 Å². The number of rotatable bonds is 3. The molecule has 0 spiro atoms. The molecule has 0 aliphatic rings. The highest BCUT2D eigenvalue weighted by atomic mass is 35.5. The maximum Gasteiger partial charge on any atom is 0.416 e. The minimum atomic E-state index is -4.52. The van der Waals surface area contributed by atoms with E-state index in [1.807, 2.05) is 0 Å². The second-order valence-electron chi connectivity index (χ2n) is 4.84. The molecular weight excluding hydrogens is 361 g/mol. The van der Waals surface area contributed by atoms with Crippen molar-refractivity contribution in [1.29, 1.82) is 0 Å². The van der Waals surface area contributed by atoms with Crippen molar-refractivity contribution in [2.75, 3.05) is 17.7 Å². The normalized spacial score (nSPS) is 10.9. The zero-order valence-corrected chi connectivity index (χ0v) is 13.5. The van der Waals surface area contributed by atoms with Crippen molar-refractivity contribution in [3.05, 3.63) is 58.6 Å². The molecule has 0 aliphatic carbocycles. The van der Waals surface area contributed by atoms with Gasteiger partial charge in [0.1, 0.15) is 0 Å². The summed E-state index contributed by atoms with van der Waals surface area (Å²) in [6.07, 6.45) is -4.52. The third-order valence-electron chi connectivity index (χ3n) is 3.08. The quantitative estimate of drug-likeness (QED) is 0.761. The summed E-state index contributed by atoms with van der Waals surface area (Å²) in [4.78, 5) is 23.5. The number of benzene rings is 2. The van der Waals surface area contributed by atoms with E-state index in [0.29, 0.717) is 0 Å². The Labute approximate surface area is 145 Å². The molecule has 0 fully saturated rings. The number of methoxy groups -OCH3 is 1. The fourth-order valence-corrected chi connectivity index (χ4v) is 2.09. The topological polar surface area (TPSA) is 67.4 Å². The first-order valence-electron chi connectivity index (χ1n) is 6.84. The van der Waals surface area contributed by atoms with E-state index in [0.717, 1.165) is 12.1 Å². The largest absolute Gasteiger partial charge is 0.465 e. The van der Waals surface area contributed by atoms with Crippen LogP contribution in [-0.2, 0) is 10.9 Å². The van der Waals surface area contributed by atoms with Crippen LogP contribution < -0.4 is 10.6 Å². The van der Waals surface area contributed by atoms with Gasteiger partial charge in [-0.25, -0.2) is 9.59 Å². The highest BCUT2D eigenvalue weighted by molar-refractivity contribution is 6.34. The molecule has 2 aromatic carbocycles. The number of alkyl halides is 3. The number of urea groups is 1. The summed E-state index contributed by atoms with van der Waals surface area (Å²) in [6, 6.07) is 7.43. The zero-order valence-electron chi connectivity index (χ0n) is 12.8. The molecule has 0 saturated carbocycles. The molecule has 0 aliphatic heterocycles. The molecular formula is C16H12ClF3N2O3. The van der Waals surface area contributed by atoms with Crippen molar-refractivity contribution in [3.63, 3.8) is 0 Å². The van der Waals surface area contributed by atoms with Gasteiger partial charge in [0.25, 0.3) is 0 Å². The molecule has 25 heavy (non-hydrogen) atoms. The van der Waals surface area contributed by atoms with E-state index in [1.54, 1.807) is 0 Å². The Bertz CT molecular complexity index is 809. The number of ether oxygens (including phenoxy) is 1. The number of anilines is 2. The van der Waals surface area contributed by atoms with Gasteiger partial charge in [0.05, 0.1) is 28.9 Å². The predicted octanol–water partition coefficient (Wildman–Crippen LogP) is 4.79. The summed E-state index contributed by atoms with van der Waals surface area (Å²) >= 11 is 5.93. The maximum absolute atomic E-state index is 12.7. The van der Waals surface area contributed by atoms with E-state index in [9.17, 15) is 22.8 Å². The van der Waals surface area contributed by atoms with E-state index in [2.05, 4.69) is 15.4 Å². The Morgan fingerprint density at radius 2 is 1.80 bits per heavy atom. The highest BCUT2D eigenvalue weighted by Crippen LogP contribution is 2.30. The van der Waals surface area contributed by atoms with Crippen molar-refractivity contribution in [3.8, 4) is 0 Å². The van der Waals surface area contributed by atoms with Gasteiger partial charge in [-0.15, -0.1) is 0 Å². The van der Waals surface area contributed by atoms with Crippen LogP contribution in [0.15, 0.2) is 42.5 Å². The zero-order chi connectivity index (χ0) is 18.6. The molecule has 132 valence electrons. The van der Waals surface area contributed by atoms with E-state index in [1.165, 1.54) is 37.4 Å². The lowest BCUT2D eigenvalue weighted by Crippen LogP contribution is -2.20. The second kappa shape index (κ2) is 7.43. The highest BCUT2D eigenvalue weighted by Gasteiger charge is 2.30. The standard InChI is InChI=1S/C16H12ClF3N2O3/c1-25-14(23)9-5-6-12(17)13(7-9)22-15(24)21-11-4-2-3-10(8-11)16(18,19)20/h2-8H,1H3,(H2,21,22,24). The number of carbonyl (C=O) groups is 2. The van der Waals surface area contributed by atoms with Crippen LogP contribution in [0.25, 0.3) is 0 Å². The van der Waals surface area contributed by atoms with Crippen LogP contribution >= 0.6 is 11.6 Å². The van der Waals surface area contributed by atoms with Crippen LogP contribution in [0.3, 0.4) is 0 Å². The molecule has 0 atom stereocenters. The summed E-state index contributed by atoms with van der Waals surface area (Å²) in [5.74, 6) is -0.627. The maximum atomic E-state index is 12.7. The first-order chi connectivity index (χ1) is 11.7. The summed E-state index contributed by atoms with van der Waals surface area (Å²) in [5.41, 5.74) is -0.682. The Morgan fingerprint density at radius 3 is 2.44 bits per heavy atom. The Morgan fingerprint density at radius 1 is 1.08 bits per heavy atom. The van der Waals surface area contributed by atoms with Gasteiger partial charge in [-0.3, -0.25) is 0 Å². The van der Waals surface area contributed by atoms with Gasteiger partial charge in [0.15, 0.2) is 0 Å². The third kappa shape index (κ3) is 4.87. The number of nitrogens with one attached hydrogen (secondary N) is 2. The summed E-state index contributed by atoms with van der Waals surface area (Å²) in [7, 11) is 1.20. The van der Waals surface area contributed by atoms with Crippen LogP contribution in [0.1, 0.15) is 15.9 Å². The lowest BCUT2D eigenvalue weighted by molar-refractivity contribution is -0.137. The van der Waals surface area contributed by atoms with Crippen LogP contribution in [0.2, 0.25) is 5.02 Å². The first-order valence-corrected chi connectivity index (χ1v) is 7.21. The number of amides is 2. The monoisotopic (exact) mass is 372 g/mol. The molecule has 0 unspecified atom stereocenters. The van der Waals surface area contributed by atoms with Crippen LogP contribution in [0.4, 0.5) is 29.3 Å². The fraction of sp³-hybridized carbons (Fsp3) is 0.125. The summed E-state index contributed by atoms with van der Waals surface area (Å²) in [5, 5.41) is 4.78. The second-order valence-corrected chi connectivity index (χ2v) is 5.25. The van der Waals surface area contributed by atoms with E-state index in [-0.39, 0.29) is 22.0 Å². The number of halogens is 4. The van der Waals surface area contributed by atoms with Crippen LogP contribution in [-0.4, -0.2) is 19.1 Å². The summed E-state index contributed by atoms with van der Waals surface area (Å²) in [6.45, 7) is 0. The lowest BCUT2D eigenvalue weighted by Gasteiger charge is -2.12. The molecule has 9 heteroatoms. The van der Waals surface area contributed by atoms with Gasteiger partial charge in [-0.05, 0) is 36.4 Å². The Balaban J connectivity index is 2.14. The molecule has 2 rings (SSSR count). The first kappa shape index (κ1) is 18.6. The fourth-order valence-electron chi connectivity index (χ4n) is 1.92. The van der Waals surface area contributed by atoms with Gasteiger partial charge in [0, 0.05) is 5.69 Å². The van der Waals surface area contributed by atoms with Crippen LogP contribution in [0, 0.1) is 0 Å². The molecule has 2 amide bonds. The Hall–Kier alpha value is -2.74. The Kier molecular flexibility index (Phi) is 5.53. The smallest absolute Gasteiger partial charge is 0.416 e.